The molecular weight excluding hydrogens is 192 g/mol. The zero-order chi connectivity index (χ0) is 10.8. The van der Waals surface area contributed by atoms with Crippen molar-refractivity contribution in [3.63, 3.8) is 0 Å². The smallest absolute Gasteiger partial charge is 0.290 e. The van der Waals surface area contributed by atoms with Crippen molar-refractivity contribution in [3.8, 4) is 0 Å². The lowest BCUT2D eigenvalue weighted by Crippen LogP contribution is -2.53. The van der Waals surface area contributed by atoms with Gasteiger partial charge in [-0.25, -0.2) is 8.78 Å². The first-order valence-corrected chi connectivity index (χ1v) is 4.69. The van der Waals surface area contributed by atoms with E-state index in [1.165, 1.54) is 12.0 Å². The van der Waals surface area contributed by atoms with E-state index in [2.05, 4.69) is 4.74 Å². The molecule has 0 aromatic rings. The summed E-state index contributed by atoms with van der Waals surface area (Å²) in [6, 6.07) is 0. The summed E-state index contributed by atoms with van der Waals surface area (Å²) in [6.45, 7) is 1.52. The van der Waals surface area contributed by atoms with Crippen LogP contribution in [0.4, 0.5) is 8.78 Å². The van der Waals surface area contributed by atoms with Gasteiger partial charge in [-0.2, -0.15) is 0 Å². The van der Waals surface area contributed by atoms with E-state index in [-0.39, 0.29) is 18.7 Å². The summed E-state index contributed by atoms with van der Waals surface area (Å²) in [4.78, 5) is 12.4. The highest BCUT2D eigenvalue weighted by Gasteiger charge is 2.45. The van der Waals surface area contributed by atoms with Crippen LogP contribution in [0.2, 0.25) is 0 Å². The maximum Gasteiger partial charge on any atom is 0.290 e. The monoisotopic (exact) mass is 207 g/mol. The molecule has 5 heteroatoms. The maximum absolute atomic E-state index is 13.3. The highest BCUT2D eigenvalue weighted by atomic mass is 19.3. The maximum atomic E-state index is 13.3. The van der Waals surface area contributed by atoms with E-state index in [9.17, 15) is 13.6 Å². The van der Waals surface area contributed by atoms with Crippen molar-refractivity contribution in [2.24, 2.45) is 0 Å². The van der Waals surface area contributed by atoms with Crippen LogP contribution in [0.5, 0.6) is 0 Å². The van der Waals surface area contributed by atoms with Gasteiger partial charge in [0.25, 0.3) is 5.92 Å². The predicted octanol–water partition coefficient (Wildman–Crippen LogP) is 1.28. The third-order valence-electron chi connectivity index (χ3n) is 2.47. The normalized spacial score (nSPS) is 26.3. The molecule has 0 aromatic carbocycles. The summed E-state index contributed by atoms with van der Waals surface area (Å²) in [5, 5.41) is 0. The Morgan fingerprint density at radius 2 is 2.29 bits per heavy atom. The molecule has 1 atom stereocenters. The van der Waals surface area contributed by atoms with Crippen molar-refractivity contribution in [2.75, 3.05) is 20.2 Å². The van der Waals surface area contributed by atoms with Gasteiger partial charge in [-0.1, -0.05) is 6.92 Å². The van der Waals surface area contributed by atoms with Crippen molar-refractivity contribution in [1.82, 2.24) is 4.90 Å². The number of hydrogen-bond donors (Lipinski definition) is 0. The minimum absolute atomic E-state index is 0.204. The Labute approximate surface area is 82.0 Å². The van der Waals surface area contributed by atoms with Gasteiger partial charge in [-0.15, -0.1) is 0 Å². The fraction of sp³-hybridized carbons (Fsp3) is 0.889. The Hall–Kier alpha value is -0.710. The van der Waals surface area contributed by atoms with E-state index in [0.717, 1.165) is 0 Å². The Morgan fingerprint density at radius 1 is 1.64 bits per heavy atom. The Morgan fingerprint density at radius 3 is 2.71 bits per heavy atom. The number of ether oxygens (including phenoxy) is 1. The lowest BCUT2D eigenvalue weighted by molar-refractivity contribution is -0.172. The second-order valence-electron chi connectivity index (χ2n) is 3.44. The molecule has 0 N–H and O–H groups in total. The molecule has 14 heavy (non-hydrogen) atoms. The van der Waals surface area contributed by atoms with Crippen LogP contribution in [0.15, 0.2) is 0 Å². The van der Waals surface area contributed by atoms with Crippen LogP contribution in [-0.4, -0.2) is 43.0 Å². The number of alkyl halides is 2. The molecule has 3 nitrogen and oxygen atoms in total. The summed E-state index contributed by atoms with van der Waals surface area (Å²) in [7, 11) is 1.27. The number of methoxy groups -OCH3 is 1. The number of nitrogens with zero attached hydrogens (tertiary/aromatic N) is 1. The van der Waals surface area contributed by atoms with Crippen LogP contribution in [0.25, 0.3) is 0 Å². The average molecular weight is 207 g/mol. The van der Waals surface area contributed by atoms with Gasteiger partial charge in [-0.3, -0.25) is 4.79 Å². The standard InChI is InChI=1S/C9H15F2NO2/c1-3-8(13)12-5-4-7(14-2)9(10,11)6-12/h7H,3-6H2,1-2H3/t7-/m0/s1. The van der Waals surface area contributed by atoms with Gasteiger partial charge in [0.2, 0.25) is 5.91 Å². The Balaban J connectivity index is 2.62. The molecule has 0 bridgehead atoms. The molecule has 1 fully saturated rings. The van der Waals surface area contributed by atoms with Crippen molar-refractivity contribution in [1.29, 1.82) is 0 Å². The number of rotatable bonds is 2. The first-order valence-electron chi connectivity index (χ1n) is 4.69. The van der Waals surface area contributed by atoms with Gasteiger partial charge >= 0.3 is 0 Å². The topological polar surface area (TPSA) is 29.5 Å². The molecule has 1 aliphatic heterocycles. The Bertz CT molecular complexity index is 221. The van der Waals surface area contributed by atoms with E-state index in [4.69, 9.17) is 0 Å². The first kappa shape index (κ1) is 11.4. The van der Waals surface area contributed by atoms with E-state index in [1.807, 2.05) is 0 Å². The van der Waals surface area contributed by atoms with Crippen molar-refractivity contribution in [3.05, 3.63) is 0 Å². The van der Waals surface area contributed by atoms with Gasteiger partial charge in [0.15, 0.2) is 0 Å². The molecular formula is C9H15F2NO2. The van der Waals surface area contributed by atoms with Gasteiger partial charge in [0.05, 0.1) is 6.54 Å². The molecule has 0 unspecified atom stereocenters. The van der Waals surface area contributed by atoms with Crippen molar-refractivity contribution < 1.29 is 18.3 Å². The quantitative estimate of drug-likeness (QED) is 0.682. The lowest BCUT2D eigenvalue weighted by atomic mass is 10.0. The number of carbonyl (C=O) groups is 1. The first-order chi connectivity index (χ1) is 6.51. The molecule has 0 radical (unpaired) electrons. The third-order valence-corrected chi connectivity index (χ3v) is 2.47. The minimum atomic E-state index is -2.92. The van der Waals surface area contributed by atoms with Gasteiger partial charge in [0, 0.05) is 20.1 Å². The van der Waals surface area contributed by atoms with Crippen LogP contribution in [0.1, 0.15) is 19.8 Å². The van der Waals surface area contributed by atoms with E-state index < -0.39 is 18.6 Å². The summed E-state index contributed by atoms with van der Waals surface area (Å²) in [5.41, 5.74) is 0. The number of amides is 1. The number of likely N-dealkylation sites (tertiary alicyclic amines) is 1. The largest absolute Gasteiger partial charge is 0.375 e. The highest BCUT2D eigenvalue weighted by molar-refractivity contribution is 5.76. The third kappa shape index (κ3) is 2.20. The SMILES string of the molecule is CCC(=O)N1CC[C@H](OC)C(F)(F)C1. The van der Waals surface area contributed by atoms with E-state index >= 15 is 0 Å². The summed E-state index contributed by atoms with van der Waals surface area (Å²) in [6.07, 6.45) is -0.577. The van der Waals surface area contributed by atoms with Crippen LogP contribution in [-0.2, 0) is 9.53 Å². The van der Waals surface area contributed by atoms with Crippen molar-refractivity contribution >= 4 is 5.91 Å². The van der Waals surface area contributed by atoms with Crippen LogP contribution < -0.4 is 0 Å². The zero-order valence-electron chi connectivity index (χ0n) is 8.43. The van der Waals surface area contributed by atoms with Gasteiger partial charge in [-0.05, 0) is 6.42 Å². The summed E-state index contributed by atoms with van der Waals surface area (Å²) >= 11 is 0. The second-order valence-corrected chi connectivity index (χ2v) is 3.44. The Kier molecular flexibility index (Phi) is 3.42. The fourth-order valence-corrected chi connectivity index (χ4v) is 1.65. The van der Waals surface area contributed by atoms with Gasteiger partial charge < -0.3 is 9.64 Å². The molecule has 0 saturated carbocycles. The second kappa shape index (κ2) is 4.21. The molecule has 82 valence electrons. The molecule has 1 saturated heterocycles. The lowest BCUT2D eigenvalue weighted by Gasteiger charge is -2.37. The number of piperidine rings is 1. The highest BCUT2D eigenvalue weighted by Crippen LogP contribution is 2.29. The predicted molar refractivity (Wildman–Crippen MR) is 47.2 cm³/mol. The molecule has 0 aliphatic carbocycles. The zero-order valence-corrected chi connectivity index (χ0v) is 8.43. The molecule has 1 amide bonds. The van der Waals surface area contributed by atoms with Gasteiger partial charge in [0.1, 0.15) is 6.10 Å². The van der Waals surface area contributed by atoms with E-state index in [0.29, 0.717) is 6.54 Å². The number of carbonyl (C=O) groups excluding carboxylic acids is 1. The number of halogens is 2. The van der Waals surface area contributed by atoms with E-state index in [1.54, 1.807) is 6.92 Å². The minimum Gasteiger partial charge on any atom is -0.375 e. The summed E-state index contributed by atoms with van der Waals surface area (Å²) in [5.74, 6) is -3.14. The number of hydrogen-bond acceptors (Lipinski definition) is 2. The molecule has 0 spiro atoms. The average Bonchev–Trinajstić information content (AvgIpc) is 2.15. The van der Waals surface area contributed by atoms with Crippen LogP contribution >= 0.6 is 0 Å². The summed E-state index contributed by atoms with van der Waals surface area (Å²) < 4.78 is 31.3. The van der Waals surface area contributed by atoms with Crippen LogP contribution in [0.3, 0.4) is 0 Å². The molecule has 0 aromatic heterocycles. The fourth-order valence-electron chi connectivity index (χ4n) is 1.65. The van der Waals surface area contributed by atoms with Crippen molar-refractivity contribution in [2.45, 2.75) is 31.8 Å². The molecule has 1 rings (SSSR count). The molecule has 1 aliphatic rings. The molecule has 1 heterocycles. The van der Waals surface area contributed by atoms with Crippen LogP contribution in [0, 0.1) is 0 Å².